The second-order valence-corrected chi connectivity index (χ2v) is 12.2. The molecule has 210 valence electrons. The highest BCUT2D eigenvalue weighted by atomic mass is 32.2. The first-order chi connectivity index (χ1) is 19.6. The SMILES string of the molecule is COc1ccc(C(=O)C[C@@H]2c3ccccc3N(S(=O)(=O)c3ccc(C)cc3)[C@H](c3ccccc3)[C@@]2(C)[N+](=O)[O-])cc1. The molecule has 41 heavy (non-hydrogen) atoms. The van der Waals surface area contributed by atoms with Gasteiger partial charge in [-0.25, -0.2) is 8.42 Å². The molecule has 0 saturated carbocycles. The van der Waals surface area contributed by atoms with E-state index in [1.165, 1.54) is 30.5 Å². The van der Waals surface area contributed by atoms with Crippen LogP contribution in [0.25, 0.3) is 0 Å². The lowest BCUT2D eigenvalue weighted by Crippen LogP contribution is -2.58. The summed E-state index contributed by atoms with van der Waals surface area (Å²) < 4.78 is 35.2. The number of ketones is 1. The number of nitro groups is 1. The molecule has 0 spiro atoms. The van der Waals surface area contributed by atoms with Crippen molar-refractivity contribution in [3.05, 3.63) is 135 Å². The number of para-hydroxylation sites is 1. The zero-order valence-corrected chi connectivity index (χ0v) is 23.7. The van der Waals surface area contributed by atoms with Crippen molar-refractivity contribution in [1.82, 2.24) is 0 Å². The summed E-state index contributed by atoms with van der Waals surface area (Å²) in [6.45, 7) is 3.30. The summed E-state index contributed by atoms with van der Waals surface area (Å²) in [5.41, 5.74) is 0.564. The quantitative estimate of drug-likeness (QED) is 0.139. The molecular weight excluding hydrogens is 540 g/mol. The third-order valence-electron chi connectivity index (χ3n) is 7.93. The van der Waals surface area contributed by atoms with Crippen LogP contribution in [0, 0.1) is 17.0 Å². The molecule has 0 amide bonds. The zero-order chi connectivity index (χ0) is 29.4. The van der Waals surface area contributed by atoms with Gasteiger partial charge in [-0.05, 0) is 60.5 Å². The zero-order valence-electron chi connectivity index (χ0n) is 22.9. The van der Waals surface area contributed by atoms with Crippen molar-refractivity contribution < 1.29 is 22.9 Å². The number of hydrogen-bond donors (Lipinski definition) is 0. The van der Waals surface area contributed by atoms with Crippen LogP contribution in [0.15, 0.2) is 108 Å². The first kappa shape index (κ1) is 28.0. The van der Waals surface area contributed by atoms with E-state index in [1.54, 1.807) is 91.0 Å². The number of hydrogen-bond acceptors (Lipinski definition) is 6. The van der Waals surface area contributed by atoms with E-state index >= 15 is 0 Å². The van der Waals surface area contributed by atoms with Crippen LogP contribution in [0.1, 0.15) is 52.4 Å². The van der Waals surface area contributed by atoms with Crippen LogP contribution in [-0.4, -0.2) is 31.8 Å². The average Bonchev–Trinajstić information content (AvgIpc) is 2.98. The normalized spacial score (nSPS) is 20.2. The second kappa shape index (κ2) is 10.8. The summed E-state index contributed by atoms with van der Waals surface area (Å²) >= 11 is 0. The van der Waals surface area contributed by atoms with Crippen molar-refractivity contribution in [2.24, 2.45) is 0 Å². The molecule has 0 bridgehead atoms. The summed E-state index contributed by atoms with van der Waals surface area (Å²) in [6.07, 6.45) is -0.192. The number of rotatable bonds is 8. The molecule has 9 heteroatoms. The molecule has 0 saturated heterocycles. The molecule has 0 N–H and O–H groups in total. The lowest BCUT2D eigenvalue weighted by atomic mass is 9.68. The minimum absolute atomic E-state index is 0.0253. The van der Waals surface area contributed by atoms with E-state index in [2.05, 4.69) is 0 Å². The number of Topliss-reactive ketones (excluding diaryl/α,β-unsaturated/α-hetero) is 1. The first-order valence-electron chi connectivity index (χ1n) is 13.2. The molecular formula is C32H30N2O6S. The van der Waals surface area contributed by atoms with Gasteiger partial charge in [0, 0.05) is 23.8 Å². The number of methoxy groups -OCH3 is 1. The van der Waals surface area contributed by atoms with Crippen LogP contribution in [-0.2, 0) is 10.0 Å². The van der Waals surface area contributed by atoms with E-state index in [0.29, 0.717) is 28.1 Å². The summed E-state index contributed by atoms with van der Waals surface area (Å²) in [5.74, 6) is -0.638. The number of nitrogens with zero attached hydrogens (tertiary/aromatic N) is 2. The van der Waals surface area contributed by atoms with Gasteiger partial charge in [0.1, 0.15) is 11.8 Å². The molecule has 3 atom stereocenters. The molecule has 0 aliphatic carbocycles. The molecule has 1 aliphatic heterocycles. The standard InChI is InChI=1S/C32H30N2O6S/c1-22-13-19-26(20-14-22)41(38,39)33-29-12-8-7-11-27(29)28(21-30(35)23-15-17-25(40-3)18-16-23)32(2,34(36)37)31(33)24-9-5-4-6-10-24/h4-20,28,31H,21H2,1-3H3/t28-,31-,32+/m1/s1. The van der Waals surface area contributed by atoms with Crippen molar-refractivity contribution in [3.8, 4) is 5.75 Å². The third-order valence-corrected chi connectivity index (χ3v) is 9.72. The third kappa shape index (κ3) is 4.86. The Labute approximate surface area is 239 Å². The highest BCUT2D eigenvalue weighted by Crippen LogP contribution is 2.55. The smallest absolute Gasteiger partial charge is 0.265 e. The van der Waals surface area contributed by atoms with Gasteiger partial charge in [0.05, 0.1) is 23.6 Å². The fourth-order valence-corrected chi connectivity index (χ4v) is 7.43. The summed E-state index contributed by atoms with van der Waals surface area (Å²) in [5, 5.41) is 13.2. The van der Waals surface area contributed by atoms with E-state index in [1.807, 2.05) is 6.92 Å². The number of anilines is 1. The van der Waals surface area contributed by atoms with E-state index in [4.69, 9.17) is 4.74 Å². The Kier molecular flexibility index (Phi) is 7.40. The maximum absolute atomic E-state index is 14.4. The second-order valence-electron chi connectivity index (χ2n) is 10.4. The highest BCUT2D eigenvalue weighted by Gasteiger charge is 2.62. The van der Waals surface area contributed by atoms with Crippen LogP contribution in [0.4, 0.5) is 5.69 Å². The minimum Gasteiger partial charge on any atom is -0.497 e. The molecule has 5 rings (SSSR count). The Balaban J connectivity index is 1.75. The number of fused-ring (bicyclic) bond motifs is 1. The van der Waals surface area contributed by atoms with Gasteiger partial charge in [-0.1, -0.05) is 66.2 Å². The number of sulfonamides is 1. The maximum Gasteiger partial charge on any atom is 0.265 e. The fourth-order valence-electron chi connectivity index (χ4n) is 5.69. The summed E-state index contributed by atoms with van der Waals surface area (Å²) in [6, 6.07) is 27.1. The Bertz CT molecular complexity index is 1690. The van der Waals surface area contributed by atoms with Crippen molar-refractivity contribution in [2.75, 3.05) is 11.4 Å². The Hall–Kier alpha value is -4.50. The fraction of sp³-hybridized carbons (Fsp3) is 0.219. The number of carbonyl (C=O) groups is 1. The van der Waals surface area contributed by atoms with E-state index < -0.39 is 32.4 Å². The van der Waals surface area contributed by atoms with E-state index in [0.717, 1.165) is 5.56 Å². The maximum atomic E-state index is 14.4. The molecule has 0 aromatic heterocycles. The summed E-state index contributed by atoms with van der Waals surface area (Å²) in [4.78, 5) is 26.4. The lowest BCUT2D eigenvalue weighted by Gasteiger charge is -2.47. The topological polar surface area (TPSA) is 107 Å². The number of ether oxygens (including phenoxy) is 1. The summed E-state index contributed by atoms with van der Waals surface area (Å²) in [7, 11) is -2.75. The van der Waals surface area contributed by atoms with Crippen molar-refractivity contribution >= 4 is 21.5 Å². The largest absolute Gasteiger partial charge is 0.497 e. The van der Waals surface area contributed by atoms with E-state index in [-0.39, 0.29) is 17.1 Å². The number of carbonyl (C=O) groups excluding carboxylic acids is 1. The van der Waals surface area contributed by atoms with Crippen LogP contribution < -0.4 is 9.04 Å². The highest BCUT2D eigenvalue weighted by molar-refractivity contribution is 7.92. The minimum atomic E-state index is -4.28. The molecule has 4 aromatic rings. The van der Waals surface area contributed by atoms with Gasteiger partial charge >= 0.3 is 0 Å². The molecule has 0 fully saturated rings. The molecule has 4 aromatic carbocycles. The van der Waals surface area contributed by atoms with Crippen LogP contribution in [0.2, 0.25) is 0 Å². The molecule has 1 aliphatic rings. The number of aryl methyl sites for hydroxylation is 1. The van der Waals surface area contributed by atoms with Crippen LogP contribution in [0.5, 0.6) is 5.75 Å². The molecule has 1 heterocycles. The van der Waals surface area contributed by atoms with E-state index in [9.17, 15) is 23.3 Å². The van der Waals surface area contributed by atoms with Crippen molar-refractivity contribution in [3.63, 3.8) is 0 Å². The van der Waals surface area contributed by atoms with Crippen molar-refractivity contribution in [1.29, 1.82) is 0 Å². The van der Waals surface area contributed by atoms with Gasteiger partial charge in [0.15, 0.2) is 5.78 Å². The van der Waals surface area contributed by atoms with Crippen LogP contribution in [0.3, 0.4) is 0 Å². The van der Waals surface area contributed by atoms with Gasteiger partial charge in [-0.3, -0.25) is 19.2 Å². The monoisotopic (exact) mass is 570 g/mol. The Morgan fingerprint density at radius 2 is 1.54 bits per heavy atom. The predicted molar refractivity (Wildman–Crippen MR) is 157 cm³/mol. The lowest BCUT2D eigenvalue weighted by molar-refractivity contribution is -0.575. The number of benzene rings is 4. The predicted octanol–water partition coefficient (Wildman–Crippen LogP) is 6.35. The molecule has 0 unspecified atom stereocenters. The van der Waals surface area contributed by atoms with Gasteiger partial charge in [-0.2, -0.15) is 0 Å². The first-order valence-corrected chi connectivity index (χ1v) is 14.6. The molecule has 8 nitrogen and oxygen atoms in total. The average molecular weight is 571 g/mol. The van der Waals surface area contributed by atoms with Gasteiger partial charge in [-0.15, -0.1) is 0 Å². The van der Waals surface area contributed by atoms with Gasteiger partial charge in [0.2, 0.25) is 0 Å². The van der Waals surface area contributed by atoms with Gasteiger partial charge in [0.25, 0.3) is 15.6 Å². The van der Waals surface area contributed by atoms with Crippen molar-refractivity contribution in [2.45, 2.75) is 42.7 Å². The van der Waals surface area contributed by atoms with Gasteiger partial charge < -0.3 is 4.74 Å². The Morgan fingerprint density at radius 3 is 2.15 bits per heavy atom. The molecule has 0 radical (unpaired) electrons. The Morgan fingerprint density at radius 1 is 0.927 bits per heavy atom. The van der Waals surface area contributed by atoms with Crippen LogP contribution >= 0.6 is 0 Å².